The van der Waals surface area contributed by atoms with Crippen molar-refractivity contribution in [3.63, 3.8) is 0 Å². The maximum absolute atomic E-state index is 12.9. The van der Waals surface area contributed by atoms with Gasteiger partial charge < -0.3 is 19.0 Å². The molecule has 0 radical (unpaired) electrons. The molecule has 212 valence electrons. The summed E-state index contributed by atoms with van der Waals surface area (Å²) in [6.45, 7) is 7.93. The largest absolute Gasteiger partial charge is 0.490 e. The Bertz CT molecular complexity index is 1760. The van der Waals surface area contributed by atoms with Gasteiger partial charge in [-0.15, -0.1) is 0 Å². The molecule has 8 heteroatoms. The number of hydrogen-bond donors (Lipinski definition) is 1. The second kappa shape index (κ2) is 10.6. The zero-order valence-electron chi connectivity index (χ0n) is 24.3. The normalized spacial score (nSPS) is 14.6. The van der Waals surface area contributed by atoms with Crippen LogP contribution in [-0.4, -0.2) is 43.9 Å². The third-order valence-corrected chi connectivity index (χ3v) is 9.21. The minimum atomic E-state index is -2.46. The lowest BCUT2D eigenvalue weighted by molar-refractivity contribution is 0.152. The van der Waals surface area contributed by atoms with Gasteiger partial charge in [-0.05, 0) is 63.8 Å². The standard InChI is InChI=1S/C33H37N4O3P/c1-21(2)40-30-18-24(41(4,5)39)16-17-26(30)33-34-31(32(36(33)3)23-14-15-23)25-12-9-13-28-27(25)19-37(35-28)20-29(38)22-10-7-6-8-11-22/h6-13,16-19,21,23,29,38H,14-15,20H2,1-5H3/t29-/m0/s1. The Labute approximate surface area is 241 Å². The third-order valence-electron chi connectivity index (χ3n) is 7.69. The monoisotopic (exact) mass is 568 g/mol. The highest BCUT2D eigenvalue weighted by atomic mass is 31.2. The van der Waals surface area contributed by atoms with E-state index >= 15 is 0 Å². The predicted molar refractivity (Wildman–Crippen MR) is 166 cm³/mol. The van der Waals surface area contributed by atoms with E-state index in [-0.39, 0.29) is 6.10 Å². The van der Waals surface area contributed by atoms with Gasteiger partial charge in [0.25, 0.3) is 0 Å². The van der Waals surface area contributed by atoms with Gasteiger partial charge in [0.2, 0.25) is 0 Å². The van der Waals surface area contributed by atoms with E-state index in [0.29, 0.717) is 18.2 Å². The van der Waals surface area contributed by atoms with Crippen LogP contribution < -0.4 is 10.0 Å². The van der Waals surface area contributed by atoms with Crippen LogP contribution in [-0.2, 0) is 18.2 Å². The fourth-order valence-corrected chi connectivity index (χ4v) is 6.37. The molecular formula is C33H37N4O3P. The molecule has 41 heavy (non-hydrogen) atoms. The summed E-state index contributed by atoms with van der Waals surface area (Å²) in [5, 5.41) is 17.4. The highest BCUT2D eigenvalue weighted by Gasteiger charge is 2.33. The number of aliphatic hydroxyl groups is 1. The average Bonchev–Trinajstić information content (AvgIpc) is 3.59. The molecule has 2 aromatic heterocycles. The Balaban J connectivity index is 1.45. The molecule has 0 aliphatic heterocycles. The van der Waals surface area contributed by atoms with Crippen molar-refractivity contribution in [2.75, 3.05) is 13.3 Å². The van der Waals surface area contributed by atoms with Gasteiger partial charge in [-0.2, -0.15) is 5.10 Å². The van der Waals surface area contributed by atoms with Gasteiger partial charge in [0.05, 0.1) is 35.5 Å². The molecule has 1 aliphatic carbocycles. The minimum absolute atomic E-state index is 0.0365. The second-order valence-corrected chi connectivity index (χ2v) is 14.9. The average molecular weight is 569 g/mol. The first kappa shape index (κ1) is 27.5. The number of nitrogens with zero attached hydrogens (tertiary/aromatic N) is 4. The van der Waals surface area contributed by atoms with Crippen LogP contribution in [0, 0.1) is 0 Å². The summed E-state index contributed by atoms with van der Waals surface area (Å²) in [7, 11) is -0.379. The van der Waals surface area contributed by atoms with Crippen LogP contribution in [0.5, 0.6) is 5.75 Å². The fourth-order valence-electron chi connectivity index (χ4n) is 5.51. The Morgan fingerprint density at radius 3 is 2.46 bits per heavy atom. The van der Waals surface area contributed by atoms with E-state index in [1.165, 1.54) is 5.69 Å². The van der Waals surface area contributed by atoms with Crippen LogP contribution in [0.1, 0.15) is 50.0 Å². The molecule has 1 N–H and O–H groups in total. The van der Waals surface area contributed by atoms with Crippen molar-refractivity contribution in [1.82, 2.24) is 19.3 Å². The van der Waals surface area contributed by atoms with E-state index < -0.39 is 13.2 Å². The number of benzene rings is 3. The molecule has 1 saturated carbocycles. The first-order chi connectivity index (χ1) is 19.6. The van der Waals surface area contributed by atoms with Gasteiger partial charge in [0.15, 0.2) is 0 Å². The lowest BCUT2D eigenvalue weighted by Gasteiger charge is -2.17. The van der Waals surface area contributed by atoms with Gasteiger partial charge >= 0.3 is 0 Å². The van der Waals surface area contributed by atoms with Gasteiger partial charge in [-0.25, -0.2) is 4.98 Å². The van der Waals surface area contributed by atoms with Gasteiger partial charge in [0.1, 0.15) is 18.7 Å². The summed E-state index contributed by atoms with van der Waals surface area (Å²) in [6.07, 6.45) is 3.59. The zero-order chi connectivity index (χ0) is 28.9. The Morgan fingerprint density at radius 1 is 1.02 bits per heavy atom. The highest BCUT2D eigenvalue weighted by molar-refractivity contribution is 7.70. The molecule has 1 aliphatic rings. The van der Waals surface area contributed by atoms with Crippen LogP contribution in [0.4, 0.5) is 0 Å². The molecule has 3 aromatic carbocycles. The molecule has 1 fully saturated rings. The van der Waals surface area contributed by atoms with Gasteiger partial charge in [-0.3, -0.25) is 4.68 Å². The Kier molecular flexibility index (Phi) is 7.13. The summed E-state index contributed by atoms with van der Waals surface area (Å²) >= 11 is 0. The molecule has 0 bridgehead atoms. The van der Waals surface area contributed by atoms with Crippen LogP contribution in [0.25, 0.3) is 33.5 Å². The van der Waals surface area contributed by atoms with Gasteiger partial charge in [-0.1, -0.05) is 48.5 Å². The van der Waals surface area contributed by atoms with Crippen LogP contribution in [0.3, 0.4) is 0 Å². The number of imidazole rings is 1. The zero-order valence-corrected chi connectivity index (χ0v) is 25.2. The second-order valence-electron chi connectivity index (χ2n) is 11.7. The number of fused-ring (bicyclic) bond motifs is 1. The van der Waals surface area contributed by atoms with Crippen LogP contribution >= 0.6 is 7.14 Å². The maximum atomic E-state index is 12.9. The van der Waals surface area contributed by atoms with Crippen molar-refractivity contribution in [3.05, 3.63) is 84.2 Å². The summed E-state index contributed by atoms with van der Waals surface area (Å²) in [5.41, 5.74) is 5.81. The number of aromatic nitrogens is 4. The fraction of sp³-hybridized carbons (Fsp3) is 0.333. The SMILES string of the molecule is CC(C)Oc1cc(P(C)(C)=O)ccc1-c1nc(-c2cccc3nn(C[C@H](O)c4ccccc4)cc23)c(C2CC2)n1C. The molecule has 0 spiro atoms. The lowest BCUT2D eigenvalue weighted by atomic mass is 10.0. The van der Waals surface area contributed by atoms with E-state index in [4.69, 9.17) is 14.8 Å². The predicted octanol–water partition coefficient (Wildman–Crippen LogP) is 6.75. The van der Waals surface area contributed by atoms with Gasteiger partial charge in [0, 0.05) is 41.1 Å². The topological polar surface area (TPSA) is 82.2 Å². The maximum Gasteiger partial charge on any atom is 0.144 e. The minimum Gasteiger partial charge on any atom is -0.490 e. The van der Waals surface area contributed by atoms with Crippen molar-refractivity contribution >= 4 is 23.3 Å². The molecule has 6 rings (SSSR count). The first-order valence-electron chi connectivity index (χ1n) is 14.2. The van der Waals surface area contributed by atoms with Crippen molar-refractivity contribution in [3.8, 4) is 28.4 Å². The lowest BCUT2D eigenvalue weighted by Crippen LogP contribution is -2.11. The Morgan fingerprint density at radius 2 is 1.78 bits per heavy atom. The summed E-state index contributed by atoms with van der Waals surface area (Å²) < 4.78 is 23.2. The Hall–Kier alpha value is -3.67. The number of rotatable bonds is 9. The summed E-state index contributed by atoms with van der Waals surface area (Å²) in [6, 6.07) is 21.7. The van der Waals surface area contributed by atoms with E-state index in [1.807, 2.05) is 85.4 Å². The highest BCUT2D eigenvalue weighted by Crippen LogP contribution is 2.47. The number of ether oxygens (including phenoxy) is 1. The van der Waals surface area contributed by atoms with Crippen LogP contribution in [0.2, 0.25) is 0 Å². The quantitative estimate of drug-likeness (QED) is 0.199. The van der Waals surface area contributed by atoms with Crippen molar-refractivity contribution in [1.29, 1.82) is 0 Å². The molecule has 2 heterocycles. The smallest absolute Gasteiger partial charge is 0.144 e. The van der Waals surface area contributed by atoms with E-state index in [2.05, 4.69) is 17.7 Å². The molecule has 0 unspecified atom stereocenters. The molecule has 0 amide bonds. The van der Waals surface area contributed by atoms with E-state index in [1.54, 1.807) is 13.3 Å². The summed E-state index contributed by atoms with van der Waals surface area (Å²) in [5.74, 6) is 1.97. The molecule has 7 nitrogen and oxygen atoms in total. The first-order valence-corrected chi connectivity index (χ1v) is 16.8. The third kappa shape index (κ3) is 5.49. The molecule has 1 atom stereocenters. The summed E-state index contributed by atoms with van der Waals surface area (Å²) in [4.78, 5) is 5.27. The molecule has 5 aromatic rings. The van der Waals surface area contributed by atoms with E-state index in [9.17, 15) is 9.67 Å². The van der Waals surface area contributed by atoms with E-state index in [0.717, 1.165) is 57.3 Å². The number of aliphatic hydroxyl groups excluding tert-OH is 1. The van der Waals surface area contributed by atoms with Crippen molar-refractivity contribution < 1.29 is 14.4 Å². The molecular weight excluding hydrogens is 531 g/mol. The van der Waals surface area contributed by atoms with Crippen molar-refractivity contribution in [2.45, 2.75) is 51.4 Å². The molecule has 0 saturated heterocycles. The number of hydrogen-bond acceptors (Lipinski definition) is 5. The van der Waals surface area contributed by atoms with Crippen molar-refractivity contribution in [2.24, 2.45) is 7.05 Å². The van der Waals surface area contributed by atoms with Crippen LogP contribution in [0.15, 0.2) is 72.9 Å².